The Morgan fingerprint density at radius 3 is 2.42 bits per heavy atom. The van der Waals surface area contributed by atoms with Crippen molar-refractivity contribution in [3.8, 4) is 0 Å². The van der Waals surface area contributed by atoms with Crippen molar-refractivity contribution in [1.82, 2.24) is 9.80 Å². The van der Waals surface area contributed by atoms with Crippen molar-refractivity contribution in [3.63, 3.8) is 0 Å². The van der Waals surface area contributed by atoms with Gasteiger partial charge in [-0.05, 0) is 24.3 Å². The lowest BCUT2D eigenvalue weighted by molar-refractivity contribution is -0.143. The maximum absolute atomic E-state index is 12.5. The third-order valence-electron chi connectivity index (χ3n) is 4.08. The summed E-state index contributed by atoms with van der Waals surface area (Å²) in [4.78, 5) is 38.4. The molecule has 1 aliphatic rings. The molecule has 3 amide bonds. The molecule has 2 atom stereocenters. The highest BCUT2D eigenvalue weighted by Gasteiger charge is 2.45. The summed E-state index contributed by atoms with van der Waals surface area (Å²) >= 11 is 4.40. The quantitative estimate of drug-likeness (QED) is 0.584. The minimum Gasteiger partial charge on any atom is -0.480 e. The summed E-state index contributed by atoms with van der Waals surface area (Å²) < 4.78 is 0. The normalized spacial score (nSPS) is 17.5. The van der Waals surface area contributed by atoms with E-state index in [0.29, 0.717) is 12.8 Å². The molecule has 0 saturated carbocycles. The van der Waals surface area contributed by atoms with E-state index in [1.54, 1.807) is 13.8 Å². The van der Waals surface area contributed by atoms with Gasteiger partial charge in [0, 0.05) is 0 Å². The molecule has 0 radical (unpaired) electrons. The standard InChI is InChI=1S/C17H22N2O4S/c1-11(2)15(16(21)22)18-10-13(20)19(17(18)23)14(24)9-8-12-6-4-3-5-7-12/h3-7,11,14-15,24H,8-10H2,1-2H3,(H,21,22)/t14?,15-/m1/s1. The Balaban J connectivity index is 2.06. The molecule has 1 heterocycles. The average Bonchev–Trinajstić information content (AvgIpc) is 2.80. The van der Waals surface area contributed by atoms with Crippen LogP contribution in [0.5, 0.6) is 0 Å². The second-order valence-electron chi connectivity index (χ2n) is 6.21. The van der Waals surface area contributed by atoms with Crippen molar-refractivity contribution in [2.75, 3.05) is 6.54 Å². The molecule has 0 aromatic heterocycles. The van der Waals surface area contributed by atoms with Gasteiger partial charge in [0.2, 0.25) is 0 Å². The van der Waals surface area contributed by atoms with E-state index in [2.05, 4.69) is 12.6 Å². The van der Waals surface area contributed by atoms with Gasteiger partial charge in [-0.2, -0.15) is 12.6 Å². The number of hydrogen-bond donors (Lipinski definition) is 2. The number of rotatable bonds is 7. The highest BCUT2D eigenvalue weighted by Crippen LogP contribution is 2.24. The van der Waals surface area contributed by atoms with E-state index in [1.807, 2.05) is 30.3 Å². The topological polar surface area (TPSA) is 77.9 Å². The number of benzene rings is 1. The van der Waals surface area contributed by atoms with Crippen LogP contribution >= 0.6 is 12.6 Å². The molecular weight excluding hydrogens is 328 g/mol. The summed E-state index contributed by atoms with van der Waals surface area (Å²) in [6, 6.07) is 8.13. The minimum atomic E-state index is -1.10. The molecule has 0 spiro atoms. The van der Waals surface area contributed by atoms with Crippen LogP contribution in [0.15, 0.2) is 30.3 Å². The molecular formula is C17H22N2O4S. The number of aliphatic carboxylic acids is 1. The first kappa shape index (κ1) is 18.3. The number of amides is 3. The SMILES string of the molecule is CC(C)[C@H](C(=O)O)N1CC(=O)N(C(S)CCc2ccccc2)C1=O. The summed E-state index contributed by atoms with van der Waals surface area (Å²) in [6.07, 6.45) is 1.19. The van der Waals surface area contributed by atoms with Crippen molar-refractivity contribution < 1.29 is 19.5 Å². The van der Waals surface area contributed by atoms with E-state index >= 15 is 0 Å². The van der Waals surface area contributed by atoms with Gasteiger partial charge in [-0.15, -0.1) is 0 Å². The first-order valence-electron chi connectivity index (χ1n) is 7.90. The van der Waals surface area contributed by atoms with Gasteiger partial charge in [0.05, 0.1) is 5.37 Å². The van der Waals surface area contributed by atoms with E-state index in [1.165, 1.54) is 0 Å². The Hall–Kier alpha value is -2.02. The van der Waals surface area contributed by atoms with Gasteiger partial charge in [-0.3, -0.25) is 9.69 Å². The number of urea groups is 1. The summed E-state index contributed by atoms with van der Waals surface area (Å²) in [5.74, 6) is -1.80. The van der Waals surface area contributed by atoms with Crippen molar-refractivity contribution >= 4 is 30.5 Å². The van der Waals surface area contributed by atoms with Crippen molar-refractivity contribution in [2.24, 2.45) is 5.92 Å². The molecule has 6 nitrogen and oxygen atoms in total. The monoisotopic (exact) mass is 350 g/mol. The smallest absolute Gasteiger partial charge is 0.328 e. The van der Waals surface area contributed by atoms with Gasteiger partial charge in [-0.1, -0.05) is 44.2 Å². The zero-order valence-electron chi connectivity index (χ0n) is 13.8. The van der Waals surface area contributed by atoms with Gasteiger partial charge in [-0.25, -0.2) is 9.59 Å². The van der Waals surface area contributed by atoms with Gasteiger partial charge in [0.1, 0.15) is 12.6 Å². The molecule has 0 aliphatic carbocycles. The van der Waals surface area contributed by atoms with Crippen LogP contribution in [-0.4, -0.2) is 50.8 Å². The molecule has 130 valence electrons. The molecule has 1 aliphatic heterocycles. The number of nitrogens with zero attached hydrogens (tertiary/aromatic N) is 2. The van der Waals surface area contributed by atoms with Crippen molar-refractivity contribution in [1.29, 1.82) is 0 Å². The van der Waals surface area contributed by atoms with E-state index in [-0.39, 0.29) is 12.5 Å². The van der Waals surface area contributed by atoms with Gasteiger partial charge in [0.15, 0.2) is 0 Å². The predicted molar refractivity (Wildman–Crippen MR) is 92.7 cm³/mol. The lowest BCUT2D eigenvalue weighted by Crippen LogP contribution is -2.47. The maximum atomic E-state index is 12.5. The van der Waals surface area contributed by atoms with Crippen molar-refractivity contribution in [2.45, 2.75) is 38.1 Å². The third kappa shape index (κ3) is 3.90. The molecule has 1 fully saturated rings. The van der Waals surface area contributed by atoms with Crippen LogP contribution in [0.4, 0.5) is 4.79 Å². The second-order valence-corrected chi connectivity index (χ2v) is 6.80. The number of carboxylic acids is 1. The number of carbonyl (C=O) groups is 3. The molecule has 0 bridgehead atoms. The number of hydrogen-bond acceptors (Lipinski definition) is 4. The van der Waals surface area contributed by atoms with E-state index in [0.717, 1.165) is 15.4 Å². The number of aryl methyl sites for hydroxylation is 1. The first-order chi connectivity index (χ1) is 11.3. The highest BCUT2D eigenvalue weighted by molar-refractivity contribution is 7.80. The maximum Gasteiger partial charge on any atom is 0.328 e. The zero-order chi connectivity index (χ0) is 17.9. The lowest BCUT2D eigenvalue weighted by Gasteiger charge is -2.27. The Morgan fingerprint density at radius 1 is 1.25 bits per heavy atom. The molecule has 1 saturated heterocycles. The fourth-order valence-corrected chi connectivity index (χ4v) is 3.25. The highest BCUT2D eigenvalue weighted by atomic mass is 32.1. The van der Waals surface area contributed by atoms with Crippen LogP contribution in [0.3, 0.4) is 0 Å². The Morgan fingerprint density at radius 2 is 1.88 bits per heavy atom. The average molecular weight is 350 g/mol. The second kappa shape index (κ2) is 7.70. The molecule has 1 unspecified atom stereocenters. The van der Waals surface area contributed by atoms with Crippen LogP contribution in [-0.2, 0) is 16.0 Å². The van der Waals surface area contributed by atoms with Crippen LogP contribution in [0.2, 0.25) is 0 Å². The van der Waals surface area contributed by atoms with Crippen LogP contribution < -0.4 is 0 Å². The van der Waals surface area contributed by atoms with Crippen LogP contribution in [0.1, 0.15) is 25.8 Å². The molecule has 7 heteroatoms. The number of imide groups is 1. The molecule has 1 N–H and O–H groups in total. The molecule has 1 aromatic carbocycles. The minimum absolute atomic E-state index is 0.212. The Kier molecular flexibility index (Phi) is 5.88. The lowest BCUT2D eigenvalue weighted by atomic mass is 10.0. The van der Waals surface area contributed by atoms with Gasteiger partial charge >= 0.3 is 12.0 Å². The fourth-order valence-electron chi connectivity index (χ4n) is 2.89. The Labute approximate surface area is 146 Å². The number of carboxylic acid groups (broad SMARTS) is 1. The fraction of sp³-hybridized carbons (Fsp3) is 0.471. The summed E-state index contributed by atoms with van der Waals surface area (Å²) in [5.41, 5.74) is 1.10. The summed E-state index contributed by atoms with van der Waals surface area (Å²) in [6.45, 7) is 3.22. The number of thiol groups is 1. The molecule has 1 aromatic rings. The Bertz CT molecular complexity index is 620. The van der Waals surface area contributed by atoms with Gasteiger partial charge < -0.3 is 10.0 Å². The first-order valence-corrected chi connectivity index (χ1v) is 8.42. The van der Waals surface area contributed by atoms with Gasteiger partial charge in [0.25, 0.3) is 5.91 Å². The summed E-state index contributed by atoms with van der Waals surface area (Å²) in [5, 5.41) is 8.77. The van der Waals surface area contributed by atoms with Crippen LogP contribution in [0, 0.1) is 5.92 Å². The largest absolute Gasteiger partial charge is 0.480 e. The number of carbonyl (C=O) groups excluding carboxylic acids is 2. The van der Waals surface area contributed by atoms with E-state index in [4.69, 9.17) is 0 Å². The van der Waals surface area contributed by atoms with Crippen molar-refractivity contribution in [3.05, 3.63) is 35.9 Å². The summed E-state index contributed by atoms with van der Waals surface area (Å²) in [7, 11) is 0. The zero-order valence-corrected chi connectivity index (χ0v) is 14.6. The molecule has 2 rings (SSSR count). The predicted octanol–water partition coefficient (Wildman–Crippen LogP) is 2.25. The van der Waals surface area contributed by atoms with Crippen LogP contribution in [0.25, 0.3) is 0 Å². The molecule has 24 heavy (non-hydrogen) atoms. The third-order valence-corrected chi connectivity index (χ3v) is 4.57. The van der Waals surface area contributed by atoms with E-state index < -0.39 is 29.3 Å². The van der Waals surface area contributed by atoms with E-state index in [9.17, 15) is 19.5 Å².